The lowest BCUT2D eigenvalue weighted by Crippen LogP contribution is -2.59. The first kappa shape index (κ1) is 26.4. The van der Waals surface area contributed by atoms with E-state index in [0.29, 0.717) is 6.42 Å². The van der Waals surface area contributed by atoms with Crippen molar-refractivity contribution in [2.75, 3.05) is 5.75 Å². The minimum Gasteiger partial charge on any atom is -0.480 e. The fourth-order valence-electron chi connectivity index (χ4n) is 2.76. The molecule has 5 unspecified atom stereocenters. The molecule has 1 aromatic rings. The van der Waals surface area contributed by atoms with Crippen LogP contribution in [-0.4, -0.2) is 58.7 Å². The first-order chi connectivity index (χ1) is 14.6. The Bertz CT molecular complexity index is 759. The zero-order chi connectivity index (χ0) is 23.6. The van der Waals surface area contributed by atoms with Crippen molar-refractivity contribution in [3.8, 4) is 0 Å². The minimum absolute atomic E-state index is 0.0939. The number of nitrogens with two attached hydrogens (primary N) is 1. The van der Waals surface area contributed by atoms with Crippen LogP contribution in [0.15, 0.2) is 30.3 Å². The van der Waals surface area contributed by atoms with Crippen LogP contribution in [0.1, 0.15) is 32.8 Å². The van der Waals surface area contributed by atoms with Gasteiger partial charge < -0.3 is 26.8 Å². The fraction of sp³-hybridized carbons (Fsp3) is 0.524. The van der Waals surface area contributed by atoms with E-state index in [1.807, 2.05) is 37.3 Å². The maximum absolute atomic E-state index is 13.1. The molecule has 0 saturated carbocycles. The summed E-state index contributed by atoms with van der Waals surface area (Å²) in [5.41, 5.74) is 6.44. The Kier molecular flexibility index (Phi) is 11.1. The Balaban J connectivity index is 3.05. The van der Waals surface area contributed by atoms with E-state index in [0.717, 1.165) is 5.56 Å². The van der Waals surface area contributed by atoms with Gasteiger partial charge in [0, 0.05) is 12.2 Å². The summed E-state index contributed by atoms with van der Waals surface area (Å²) in [7, 11) is 0. The summed E-state index contributed by atoms with van der Waals surface area (Å²) < 4.78 is 0. The van der Waals surface area contributed by atoms with Gasteiger partial charge in [0.15, 0.2) is 0 Å². The van der Waals surface area contributed by atoms with Gasteiger partial charge in [-0.25, -0.2) is 4.79 Å². The monoisotopic (exact) mass is 452 g/mol. The molecule has 0 spiro atoms. The normalized spacial score (nSPS) is 15.6. The van der Waals surface area contributed by atoms with Crippen molar-refractivity contribution in [3.05, 3.63) is 35.9 Å². The summed E-state index contributed by atoms with van der Waals surface area (Å²) in [5.74, 6) is -3.27. The summed E-state index contributed by atoms with van der Waals surface area (Å²) in [4.78, 5) is 49.2. The van der Waals surface area contributed by atoms with Crippen LogP contribution in [-0.2, 0) is 25.6 Å². The molecular weight excluding hydrogens is 420 g/mol. The molecule has 5 atom stereocenters. The van der Waals surface area contributed by atoms with Gasteiger partial charge in [-0.1, -0.05) is 50.6 Å². The second kappa shape index (κ2) is 13.0. The molecule has 31 heavy (non-hydrogen) atoms. The van der Waals surface area contributed by atoms with E-state index < -0.39 is 47.9 Å². The smallest absolute Gasteiger partial charge is 0.327 e. The molecule has 6 N–H and O–H groups in total. The van der Waals surface area contributed by atoms with Gasteiger partial charge in [0.25, 0.3) is 0 Å². The number of carbonyl (C=O) groups excluding carboxylic acids is 3. The highest BCUT2D eigenvalue weighted by Crippen LogP contribution is 2.11. The van der Waals surface area contributed by atoms with Crippen LogP contribution in [0.3, 0.4) is 0 Å². The third-order valence-electron chi connectivity index (χ3n) is 4.92. The van der Waals surface area contributed by atoms with E-state index >= 15 is 0 Å². The average molecular weight is 453 g/mol. The Hall–Kier alpha value is -2.59. The topological polar surface area (TPSA) is 151 Å². The second-order valence-electron chi connectivity index (χ2n) is 7.49. The highest BCUT2D eigenvalue weighted by molar-refractivity contribution is 7.80. The average Bonchev–Trinajstić information content (AvgIpc) is 2.74. The van der Waals surface area contributed by atoms with Crippen molar-refractivity contribution in [3.63, 3.8) is 0 Å². The number of carboxylic acids is 1. The van der Waals surface area contributed by atoms with Crippen LogP contribution in [0, 0.1) is 5.92 Å². The van der Waals surface area contributed by atoms with Crippen molar-refractivity contribution in [1.82, 2.24) is 16.0 Å². The van der Waals surface area contributed by atoms with Gasteiger partial charge in [0.1, 0.15) is 18.1 Å². The predicted octanol–water partition coefficient (Wildman–Crippen LogP) is 0.0912. The molecule has 1 aromatic carbocycles. The Morgan fingerprint density at radius 1 is 0.968 bits per heavy atom. The molecule has 0 radical (unpaired) electrons. The lowest BCUT2D eigenvalue weighted by atomic mass is 9.96. The van der Waals surface area contributed by atoms with Crippen LogP contribution in [0.4, 0.5) is 0 Å². The standard InChI is InChI=1S/C21H32N4O5S/c1-4-12(2)17(20(28)24-16(11-31)21(29)30)25-19(27)15(23-18(26)13(3)22)10-14-8-6-5-7-9-14/h5-9,12-13,15-17,31H,4,10-11,22H2,1-3H3,(H,23,26)(H,24,28)(H,25,27)(H,29,30). The zero-order valence-electron chi connectivity index (χ0n) is 18.0. The molecule has 0 aliphatic rings. The first-order valence-corrected chi connectivity index (χ1v) is 10.8. The van der Waals surface area contributed by atoms with Gasteiger partial charge in [-0.15, -0.1) is 0 Å². The van der Waals surface area contributed by atoms with Crippen molar-refractivity contribution in [1.29, 1.82) is 0 Å². The van der Waals surface area contributed by atoms with Gasteiger partial charge in [0.05, 0.1) is 6.04 Å². The molecule has 0 aliphatic carbocycles. The van der Waals surface area contributed by atoms with Gasteiger partial charge in [-0.2, -0.15) is 12.6 Å². The lowest BCUT2D eigenvalue weighted by molar-refractivity contribution is -0.142. The van der Waals surface area contributed by atoms with Crippen LogP contribution in [0.2, 0.25) is 0 Å². The third-order valence-corrected chi connectivity index (χ3v) is 5.28. The van der Waals surface area contributed by atoms with Crippen LogP contribution < -0.4 is 21.7 Å². The van der Waals surface area contributed by atoms with Crippen LogP contribution in [0.25, 0.3) is 0 Å². The Labute approximate surface area is 187 Å². The number of hydrogen-bond acceptors (Lipinski definition) is 6. The molecule has 3 amide bonds. The molecule has 9 nitrogen and oxygen atoms in total. The highest BCUT2D eigenvalue weighted by atomic mass is 32.1. The van der Waals surface area contributed by atoms with E-state index in [1.165, 1.54) is 6.92 Å². The molecule has 0 fully saturated rings. The van der Waals surface area contributed by atoms with E-state index in [1.54, 1.807) is 6.92 Å². The minimum atomic E-state index is -1.22. The predicted molar refractivity (Wildman–Crippen MR) is 121 cm³/mol. The summed E-state index contributed by atoms with van der Waals surface area (Å²) >= 11 is 3.95. The highest BCUT2D eigenvalue weighted by Gasteiger charge is 2.32. The SMILES string of the molecule is CCC(C)C(NC(=O)C(Cc1ccccc1)NC(=O)C(C)N)C(=O)NC(CS)C(=O)O. The summed E-state index contributed by atoms with van der Waals surface area (Å²) in [6.45, 7) is 5.13. The summed E-state index contributed by atoms with van der Waals surface area (Å²) in [6, 6.07) is 5.17. The van der Waals surface area contributed by atoms with Gasteiger partial charge >= 0.3 is 5.97 Å². The van der Waals surface area contributed by atoms with Crippen molar-refractivity contribution in [2.45, 2.75) is 57.8 Å². The first-order valence-electron chi connectivity index (χ1n) is 10.1. The Morgan fingerprint density at radius 2 is 1.55 bits per heavy atom. The number of thiol groups is 1. The van der Waals surface area contributed by atoms with Gasteiger partial charge in [-0.05, 0) is 18.4 Å². The number of carboxylic acid groups (broad SMARTS) is 1. The molecule has 10 heteroatoms. The van der Waals surface area contributed by atoms with Crippen molar-refractivity contribution >= 4 is 36.3 Å². The van der Waals surface area contributed by atoms with Crippen molar-refractivity contribution in [2.24, 2.45) is 11.7 Å². The number of aliphatic carboxylic acids is 1. The number of hydrogen-bond donors (Lipinski definition) is 6. The summed E-state index contributed by atoms with van der Waals surface area (Å²) in [6.07, 6.45) is 0.765. The Morgan fingerprint density at radius 3 is 2.03 bits per heavy atom. The van der Waals surface area contributed by atoms with E-state index in [4.69, 9.17) is 5.73 Å². The maximum Gasteiger partial charge on any atom is 0.327 e. The maximum atomic E-state index is 13.1. The summed E-state index contributed by atoms with van der Waals surface area (Å²) in [5, 5.41) is 16.9. The van der Waals surface area contributed by atoms with Gasteiger partial charge in [-0.3, -0.25) is 14.4 Å². The third kappa shape index (κ3) is 8.58. The van der Waals surface area contributed by atoms with E-state index in [9.17, 15) is 24.3 Å². The molecule has 172 valence electrons. The van der Waals surface area contributed by atoms with Gasteiger partial charge in [0.2, 0.25) is 17.7 Å². The fourth-order valence-corrected chi connectivity index (χ4v) is 3.01. The van der Waals surface area contributed by atoms with Crippen LogP contribution in [0.5, 0.6) is 0 Å². The number of amides is 3. The molecule has 1 rings (SSSR count). The number of carbonyl (C=O) groups is 4. The molecule has 0 aromatic heterocycles. The molecular formula is C21H32N4O5S. The molecule has 0 heterocycles. The quantitative estimate of drug-likeness (QED) is 0.247. The number of rotatable bonds is 12. The second-order valence-corrected chi connectivity index (χ2v) is 7.86. The zero-order valence-corrected chi connectivity index (χ0v) is 18.9. The lowest BCUT2D eigenvalue weighted by Gasteiger charge is -2.27. The molecule has 0 saturated heterocycles. The number of nitrogens with one attached hydrogen (secondary N) is 3. The molecule has 0 aliphatic heterocycles. The van der Waals surface area contributed by atoms with Crippen molar-refractivity contribution < 1.29 is 24.3 Å². The number of benzene rings is 1. The van der Waals surface area contributed by atoms with Crippen LogP contribution >= 0.6 is 12.6 Å². The van der Waals surface area contributed by atoms with E-state index in [-0.39, 0.29) is 18.1 Å². The van der Waals surface area contributed by atoms with E-state index in [2.05, 4.69) is 28.6 Å². The molecule has 0 bridgehead atoms. The largest absolute Gasteiger partial charge is 0.480 e.